The summed E-state index contributed by atoms with van der Waals surface area (Å²) in [4.78, 5) is 10.9. The van der Waals surface area contributed by atoms with Crippen molar-refractivity contribution in [1.29, 1.82) is 0 Å². The van der Waals surface area contributed by atoms with Gasteiger partial charge in [0.1, 0.15) is 17.1 Å². The van der Waals surface area contributed by atoms with Crippen LogP contribution in [0.4, 0.5) is 4.79 Å². The molecule has 0 aromatic heterocycles. The lowest BCUT2D eigenvalue weighted by Crippen LogP contribution is -2.33. The molecule has 0 bridgehead atoms. The van der Waals surface area contributed by atoms with Crippen LogP contribution >= 0.6 is 11.6 Å². The fourth-order valence-electron chi connectivity index (χ4n) is 1.79. The van der Waals surface area contributed by atoms with Crippen LogP contribution in [0.15, 0.2) is 12.1 Å². The minimum absolute atomic E-state index is 0.391. The summed E-state index contributed by atoms with van der Waals surface area (Å²) in [7, 11) is 3.08. The summed E-state index contributed by atoms with van der Waals surface area (Å²) in [5.74, 6) is 1.12. The average molecular weight is 288 g/mol. The first kappa shape index (κ1) is 15.4. The van der Waals surface area contributed by atoms with Crippen LogP contribution in [0.3, 0.4) is 0 Å². The van der Waals surface area contributed by atoms with Gasteiger partial charge in [0.25, 0.3) is 0 Å². The highest BCUT2D eigenvalue weighted by Gasteiger charge is 2.25. The van der Waals surface area contributed by atoms with Crippen molar-refractivity contribution in [3.63, 3.8) is 0 Å². The number of methoxy groups -OCH3 is 2. The Bertz CT molecular complexity index is 474. The molecule has 0 aliphatic heterocycles. The third-order valence-electron chi connectivity index (χ3n) is 2.54. The van der Waals surface area contributed by atoms with Crippen LogP contribution in [0.5, 0.6) is 11.5 Å². The molecular weight excluding hydrogens is 270 g/mol. The number of benzene rings is 1. The van der Waals surface area contributed by atoms with Gasteiger partial charge in [0.15, 0.2) is 0 Å². The molecule has 1 aromatic carbocycles. The van der Waals surface area contributed by atoms with Crippen LogP contribution in [0.1, 0.15) is 19.4 Å². The lowest BCUT2D eigenvalue weighted by atomic mass is 9.98. The number of primary amides is 1. The Labute approximate surface area is 117 Å². The van der Waals surface area contributed by atoms with Gasteiger partial charge in [-0.15, -0.1) is 0 Å². The van der Waals surface area contributed by atoms with E-state index in [4.69, 9.17) is 31.5 Å². The molecule has 0 unspecified atom stereocenters. The Balaban J connectivity index is 3.09. The van der Waals surface area contributed by atoms with E-state index in [-0.39, 0.29) is 0 Å². The number of rotatable bonds is 5. The average Bonchev–Trinajstić information content (AvgIpc) is 2.29. The largest absolute Gasteiger partial charge is 0.497 e. The Kier molecular flexibility index (Phi) is 4.89. The predicted octanol–water partition coefficient (Wildman–Crippen LogP) is 2.77. The standard InChI is InChI=1S/C13H18ClNO4/c1-13(2,19-12(15)16)7-8-5-9(17-3)6-10(18-4)11(8)14/h5-6H,7H2,1-4H3,(H2,15,16). The molecule has 0 saturated heterocycles. The van der Waals surface area contributed by atoms with E-state index in [0.717, 1.165) is 5.56 Å². The van der Waals surface area contributed by atoms with E-state index in [0.29, 0.717) is 22.9 Å². The first-order valence-electron chi connectivity index (χ1n) is 5.68. The third-order valence-corrected chi connectivity index (χ3v) is 2.97. The molecule has 0 aliphatic rings. The highest BCUT2D eigenvalue weighted by molar-refractivity contribution is 6.32. The molecular formula is C13H18ClNO4. The van der Waals surface area contributed by atoms with Gasteiger partial charge in [0.2, 0.25) is 0 Å². The summed E-state index contributed by atoms with van der Waals surface area (Å²) < 4.78 is 15.4. The zero-order chi connectivity index (χ0) is 14.6. The zero-order valence-corrected chi connectivity index (χ0v) is 12.2. The smallest absolute Gasteiger partial charge is 0.405 e. The highest BCUT2D eigenvalue weighted by atomic mass is 35.5. The Hall–Kier alpha value is -1.62. The zero-order valence-electron chi connectivity index (χ0n) is 11.5. The van der Waals surface area contributed by atoms with E-state index in [2.05, 4.69) is 0 Å². The molecule has 1 aromatic rings. The second-order valence-electron chi connectivity index (χ2n) is 4.66. The number of hydrogen-bond donors (Lipinski definition) is 1. The predicted molar refractivity (Wildman–Crippen MR) is 73.0 cm³/mol. The quantitative estimate of drug-likeness (QED) is 0.904. The first-order chi connectivity index (χ1) is 8.79. The number of nitrogens with two attached hydrogens (primary N) is 1. The number of ether oxygens (including phenoxy) is 3. The maximum Gasteiger partial charge on any atom is 0.405 e. The van der Waals surface area contributed by atoms with E-state index in [9.17, 15) is 4.79 Å². The van der Waals surface area contributed by atoms with E-state index in [1.807, 2.05) is 0 Å². The number of halogens is 1. The van der Waals surface area contributed by atoms with Crippen LogP contribution in [-0.2, 0) is 11.2 Å². The number of amides is 1. The second kappa shape index (κ2) is 6.02. The van der Waals surface area contributed by atoms with Crippen molar-refractivity contribution in [2.75, 3.05) is 14.2 Å². The van der Waals surface area contributed by atoms with Crippen molar-refractivity contribution in [2.45, 2.75) is 25.9 Å². The van der Waals surface area contributed by atoms with Crippen LogP contribution < -0.4 is 15.2 Å². The van der Waals surface area contributed by atoms with Gasteiger partial charge in [-0.25, -0.2) is 4.79 Å². The molecule has 0 saturated carbocycles. The minimum atomic E-state index is -0.823. The molecule has 1 rings (SSSR count). The molecule has 106 valence electrons. The molecule has 5 nitrogen and oxygen atoms in total. The third kappa shape index (κ3) is 4.21. The van der Waals surface area contributed by atoms with Gasteiger partial charge in [0, 0.05) is 12.5 Å². The van der Waals surface area contributed by atoms with Crippen molar-refractivity contribution >= 4 is 17.7 Å². The van der Waals surface area contributed by atoms with Gasteiger partial charge in [-0.05, 0) is 25.5 Å². The maximum absolute atomic E-state index is 10.9. The van der Waals surface area contributed by atoms with Crippen molar-refractivity contribution in [2.24, 2.45) is 5.73 Å². The monoisotopic (exact) mass is 287 g/mol. The van der Waals surface area contributed by atoms with E-state index in [1.165, 1.54) is 7.11 Å². The van der Waals surface area contributed by atoms with E-state index in [1.54, 1.807) is 33.1 Å². The summed E-state index contributed by atoms with van der Waals surface area (Å²) >= 11 is 6.23. The first-order valence-corrected chi connectivity index (χ1v) is 6.05. The van der Waals surface area contributed by atoms with Crippen molar-refractivity contribution in [3.05, 3.63) is 22.7 Å². The number of carbonyl (C=O) groups is 1. The van der Waals surface area contributed by atoms with Gasteiger partial charge >= 0.3 is 6.09 Å². The second-order valence-corrected chi connectivity index (χ2v) is 5.04. The molecule has 0 radical (unpaired) electrons. The van der Waals surface area contributed by atoms with Crippen LogP contribution in [0.2, 0.25) is 5.02 Å². The molecule has 0 heterocycles. The molecule has 0 atom stereocenters. The van der Waals surface area contributed by atoms with Gasteiger partial charge in [-0.1, -0.05) is 11.6 Å². The molecule has 0 aliphatic carbocycles. The SMILES string of the molecule is COc1cc(CC(C)(C)OC(N)=O)c(Cl)c(OC)c1. The fraction of sp³-hybridized carbons (Fsp3) is 0.462. The Morgan fingerprint density at radius 1 is 1.32 bits per heavy atom. The molecule has 0 spiro atoms. The Morgan fingerprint density at radius 3 is 2.42 bits per heavy atom. The molecule has 2 N–H and O–H groups in total. The van der Waals surface area contributed by atoms with Crippen molar-refractivity contribution in [3.8, 4) is 11.5 Å². The maximum atomic E-state index is 10.9. The van der Waals surface area contributed by atoms with Crippen LogP contribution in [0.25, 0.3) is 0 Å². The molecule has 6 heteroatoms. The van der Waals surface area contributed by atoms with E-state index >= 15 is 0 Å². The number of carbonyl (C=O) groups excluding carboxylic acids is 1. The summed E-state index contributed by atoms with van der Waals surface area (Å²) in [6, 6.07) is 3.46. The molecule has 0 fully saturated rings. The van der Waals surface area contributed by atoms with Gasteiger partial charge in [-0.3, -0.25) is 0 Å². The van der Waals surface area contributed by atoms with Gasteiger partial charge in [0.05, 0.1) is 19.2 Å². The molecule has 19 heavy (non-hydrogen) atoms. The molecule has 1 amide bonds. The van der Waals surface area contributed by atoms with Gasteiger partial charge in [-0.2, -0.15) is 0 Å². The lowest BCUT2D eigenvalue weighted by Gasteiger charge is -2.25. The topological polar surface area (TPSA) is 70.8 Å². The van der Waals surface area contributed by atoms with Crippen LogP contribution in [-0.4, -0.2) is 25.9 Å². The van der Waals surface area contributed by atoms with Crippen molar-refractivity contribution in [1.82, 2.24) is 0 Å². The summed E-state index contributed by atoms with van der Waals surface area (Å²) in [5.41, 5.74) is 5.02. The van der Waals surface area contributed by atoms with Crippen molar-refractivity contribution < 1.29 is 19.0 Å². The lowest BCUT2D eigenvalue weighted by molar-refractivity contribution is 0.0460. The summed E-state index contributed by atoms with van der Waals surface area (Å²) in [6.45, 7) is 3.50. The minimum Gasteiger partial charge on any atom is -0.497 e. The summed E-state index contributed by atoms with van der Waals surface area (Å²) in [5, 5.41) is 0.462. The fourth-order valence-corrected chi connectivity index (χ4v) is 2.04. The number of hydrogen-bond acceptors (Lipinski definition) is 4. The normalized spacial score (nSPS) is 11.0. The Morgan fingerprint density at radius 2 is 1.95 bits per heavy atom. The van der Waals surface area contributed by atoms with Crippen LogP contribution in [0, 0.1) is 0 Å². The summed E-state index contributed by atoms with van der Waals surface area (Å²) in [6.07, 6.45) is -0.432. The highest BCUT2D eigenvalue weighted by Crippen LogP contribution is 2.35. The van der Waals surface area contributed by atoms with E-state index < -0.39 is 11.7 Å². The van der Waals surface area contributed by atoms with Gasteiger partial charge < -0.3 is 19.9 Å².